The van der Waals surface area contributed by atoms with Gasteiger partial charge in [0.05, 0.1) is 6.10 Å². The maximum atomic E-state index is 9.82. The van der Waals surface area contributed by atoms with Crippen LogP contribution in [0.2, 0.25) is 0 Å². The predicted octanol–water partition coefficient (Wildman–Crippen LogP) is 2.30. The fraction of sp³-hybridized carbons (Fsp3) is 0.600. The normalized spacial score (nSPS) is 26.1. The minimum absolute atomic E-state index is 0.100. The summed E-state index contributed by atoms with van der Waals surface area (Å²) in [5, 5.41) is 9.82. The molecule has 1 aliphatic heterocycles. The monoisotopic (exact) mass is 248 g/mol. The van der Waals surface area contributed by atoms with Crippen LogP contribution in [0.25, 0.3) is 0 Å². The van der Waals surface area contributed by atoms with E-state index in [1.54, 1.807) is 0 Å². The molecule has 0 saturated carbocycles. The van der Waals surface area contributed by atoms with Crippen LogP contribution in [0.3, 0.4) is 0 Å². The first-order chi connectivity index (χ1) is 8.63. The van der Waals surface area contributed by atoms with Crippen LogP contribution in [0.5, 0.6) is 0 Å². The van der Waals surface area contributed by atoms with Crippen LogP contribution in [-0.2, 0) is 0 Å². The van der Waals surface area contributed by atoms with Gasteiger partial charge in [-0.25, -0.2) is 0 Å². The highest BCUT2D eigenvalue weighted by Crippen LogP contribution is 2.30. The second-order valence-electron chi connectivity index (χ2n) is 5.35. The van der Waals surface area contributed by atoms with E-state index in [1.165, 1.54) is 11.3 Å². The van der Waals surface area contributed by atoms with Crippen LogP contribution in [0, 0.1) is 5.92 Å². The Morgan fingerprint density at radius 3 is 2.83 bits per heavy atom. The molecular weight excluding hydrogens is 224 g/mol. The SMILES string of the molecule is CC[C@@H](N)c1ccccc1N1CCC(O)C(C)C1. The molecule has 2 rings (SSSR count). The summed E-state index contributed by atoms with van der Waals surface area (Å²) >= 11 is 0. The quantitative estimate of drug-likeness (QED) is 0.863. The lowest BCUT2D eigenvalue weighted by molar-refractivity contribution is 0.0970. The second-order valence-corrected chi connectivity index (χ2v) is 5.35. The van der Waals surface area contributed by atoms with Gasteiger partial charge in [0, 0.05) is 24.8 Å². The van der Waals surface area contributed by atoms with Crippen LogP contribution in [-0.4, -0.2) is 24.3 Å². The molecule has 3 N–H and O–H groups in total. The molecule has 2 unspecified atom stereocenters. The standard InChI is InChI=1S/C15H24N2O/c1-3-13(16)12-6-4-5-7-14(12)17-9-8-15(18)11(2)10-17/h4-7,11,13,15,18H,3,8-10,16H2,1-2H3/t11?,13-,15?/m1/s1. The molecule has 0 aromatic heterocycles. The fourth-order valence-corrected chi connectivity index (χ4v) is 2.66. The summed E-state index contributed by atoms with van der Waals surface area (Å²) in [5.74, 6) is 0.324. The van der Waals surface area contributed by atoms with Crippen molar-refractivity contribution < 1.29 is 5.11 Å². The summed E-state index contributed by atoms with van der Waals surface area (Å²) in [6, 6.07) is 8.49. The van der Waals surface area contributed by atoms with E-state index in [9.17, 15) is 5.11 Å². The Labute approximate surface area is 110 Å². The first-order valence-corrected chi connectivity index (χ1v) is 6.91. The average molecular weight is 248 g/mol. The smallest absolute Gasteiger partial charge is 0.0599 e. The molecule has 1 saturated heterocycles. The molecule has 0 bridgehead atoms. The van der Waals surface area contributed by atoms with Gasteiger partial charge in [0.25, 0.3) is 0 Å². The maximum Gasteiger partial charge on any atom is 0.0599 e. The molecule has 0 amide bonds. The minimum atomic E-state index is -0.159. The van der Waals surface area contributed by atoms with Crippen LogP contribution in [0.4, 0.5) is 5.69 Å². The van der Waals surface area contributed by atoms with E-state index in [2.05, 4.69) is 43.0 Å². The Balaban J connectivity index is 2.22. The van der Waals surface area contributed by atoms with Crippen LogP contribution >= 0.6 is 0 Å². The third kappa shape index (κ3) is 2.68. The molecule has 1 heterocycles. The lowest BCUT2D eigenvalue weighted by atomic mass is 9.94. The summed E-state index contributed by atoms with van der Waals surface area (Å²) < 4.78 is 0. The number of aliphatic hydroxyl groups excluding tert-OH is 1. The van der Waals surface area contributed by atoms with Gasteiger partial charge in [-0.15, -0.1) is 0 Å². The largest absolute Gasteiger partial charge is 0.393 e. The number of piperidine rings is 1. The Kier molecular flexibility index (Phi) is 4.25. The summed E-state index contributed by atoms with van der Waals surface area (Å²) in [4.78, 5) is 2.36. The molecule has 1 fully saturated rings. The van der Waals surface area contributed by atoms with Crippen LogP contribution in [0.1, 0.15) is 38.3 Å². The number of nitrogens with two attached hydrogens (primary N) is 1. The first-order valence-electron chi connectivity index (χ1n) is 6.91. The van der Waals surface area contributed by atoms with Crippen molar-refractivity contribution >= 4 is 5.69 Å². The molecule has 18 heavy (non-hydrogen) atoms. The van der Waals surface area contributed by atoms with Crippen molar-refractivity contribution in [2.24, 2.45) is 11.7 Å². The summed E-state index contributed by atoms with van der Waals surface area (Å²) in [6.07, 6.45) is 1.63. The molecule has 1 aromatic carbocycles. The Bertz CT molecular complexity index is 394. The first kappa shape index (κ1) is 13.4. The van der Waals surface area contributed by atoms with Crippen molar-refractivity contribution in [3.05, 3.63) is 29.8 Å². The molecule has 100 valence electrons. The van der Waals surface area contributed by atoms with Gasteiger partial charge in [0.1, 0.15) is 0 Å². The number of anilines is 1. The highest BCUT2D eigenvalue weighted by atomic mass is 16.3. The van der Waals surface area contributed by atoms with Gasteiger partial charge in [-0.3, -0.25) is 0 Å². The molecule has 0 radical (unpaired) electrons. The number of rotatable bonds is 3. The van der Waals surface area contributed by atoms with Crippen molar-refractivity contribution in [2.45, 2.75) is 38.8 Å². The Hall–Kier alpha value is -1.06. The maximum absolute atomic E-state index is 9.82. The van der Waals surface area contributed by atoms with Gasteiger partial charge in [0.15, 0.2) is 0 Å². The number of hydrogen-bond acceptors (Lipinski definition) is 3. The topological polar surface area (TPSA) is 49.5 Å². The van der Waals surface area contributed by atoms with E-state index >= 15 is 0 Å². The fourth-order valence-electron chi connectivity index (χ4n) is 2.66. The number of aliphatic hydroxyl groups is 1. The van der Waals surface area contributed by atoms with Gasteiger partial charge < -0.3 is 15.7 Å². The molecule has 3 nitrogen and oxygen atoms in total. The zero-order valence-corrected chi connectivity index (χ0v) is 11.3. The van der Waals surface area contributed by atoms with E-state index in [4.69, 9.17) is 5.73 Å². The van der Waals surface area contributed by atoms with Gasteiger partial charge in [-0.2, -0.15) is 0 Å². The predicted molar refractivity (Wildman–Crippen MR) is 75.7 cm³/mol. The lowest BCUT2D eigenvalue weighted by Crippen LogP contribution is -2.42. The van der Waals surface area contributed by atoms with Gasteiger partial charge in [-0.05, 0) is 30.4 Å². The number of benzene rings is 1. The highest BCUT2D eigenvalue weighted by Gasteiger charge is 2.25. The minimum Gasteiger partial charge on any atom is -0.393 e. The van der Waals surface area contributed by atoms with Crippen LogP contribution < -0.4 is 10.6 Å². The number of nitrogens with zero attached hydrogens (tertiary/aromatic N) is 1. The van der Waals surface area contributed by atoms with E-state index in [-0.39, 0.29) is 12.1 Å². The summed E-state index contributed by atoms with van der Waals surface area (Å²) in [5.41, 5.74) is 8.65. The molecule has 0 aliphatic carbocycles. The second kappa shape index (κ2) is 5.72. The number of hydrogen-bond donors (Lipinski definition) is 2. The Morgan fingerprint density at radius 2 is 2.17 bits per heavy atom. The molecule has 1 aliphatic rings. The number of para-hydroxylation sites is 1. The highest BCUT2D eigenvalue weighted by molar-refractivity contribution is 5.55. The van der Waals surface area contributed by atoms with Crippen molar-refractivity contribution in [2.75, 3.05) is 18.0 Å². The molecule has 3 atom stereocenters. The molecule has 1 aromatic rings. The van der Waals surface area contributed by atoms with E-state index in [1.807, 2.05) is 0 Å². The zero-order valence-electron chi connectivity index (χ0n) is 11.3. The molecular formula is C15H24N2O. The van der Waals surface area contributed by atoms with Crippen LogP contribution in [0.15, 0.2) is 24.3 Å². The van der Waals surface area contributed by atoms with Crippen molar-refractivity contribution in [3.63, 3.8) is 0 Å². The van der Waals surface area contributed by atoms with Crippen molar-refractivity contribution in [3.8, 4) is 0 Å². The lowest BCUT2D eigenvalue weighted by Gasteiger charge is -2.37. The Morgan fingerprint density at radius 1 is 1.44 bits per heavy atom. The summed E-state index contributed by atoms with van der Waals surface area (Å²) in [6.45, 7) is 6.05. The van der Waals surface area contributed by atoms with Crippen molar-refractivity contribution in [1.82, 2.24) is 0 Å². The third-order valence-electron chi connectivity index (χ3n) is 3.98. The molecule has 0 spiro atoms. The van der Waals surface area contributed by atoms with Gasteiger partial charge >= 0.3 is 0 Å². The van der Waals surface area contributed by atoms with E-state index in [0.29, 0.717) is 5.92 Å². The third-order valence-corrected chi connectivity index (χ3v) is 3.98. The van der Waals surface area contributed by atoms with Crippen molar-refractivity contribution in [1.29, 1.82) is 0 Å². The van der Waals surface area contributed by atoms with Gasteiger partial charge in [-0.1, -0.05) is 32.0 Å². The van der Waals surface area contributed by atoms with E-state index in [0.717, 1.165) is 25.9 Å². The molecule has 3 heteroatoms. The zero-order chi connectivity index (χ0) is 13.1. The van der Waals surface area contributed by atoms with E-state index < -0.39 is 0 Å². The summed E-state index contributed by atoms with van der Waals surface area (Å²) in [7, 11) is 0. The van der Waals surface area contributed by atoms with Gasteiger partial charge in [0.2, 0.25) is 0 Å². The average Bonchev–Trinajstić information content (AvgIpc) is 2.41.